The van der Waals surface area contributed by atoms with E-state index in [2.05, 4.69) is 5.32 Å². The summed E-state index contributed by atoms with van der Waals surface area (Å²) in [6, 6.07) is 5.17. The Bertz CT molecular complexity index is 537. The summed E-state index contributed by atoms with van der Waals surface area (Å²) in [7, 11) is 1.59. The maximum atomic E-state index is 12.2. The van der Waals surface area contributed by atoms with Crippen molar-refractivity contribution in [2.24, 2.45) is 0 Å². The molecule has 0 saturated carbocycles. The molecule has 1 atom stereocenters. The second-order valence-electron chi connectivity index (χ2n) is 4.78. The Morgan fingerprint density at radius 3 is 2.71 bits per heavy atom. The number of rotatable bonds is 7. The Morgan fingerprint density at radius 2 is 2.14 bits per heavy atom. The third-order valence-corrected chi connectivity index (χ3v) is 3.14. The molecule has 0 heterocycles. The van der Waals surface area contributed by atoms with Crippen LogP contribution in [0, 0.1) is 6.92 Å². The first-order valence-corrected chi connectivity index (χ1v) is 6.79. The van der Waals surface area contributed by atoms with Crippen molar-refractivity contribution in [2.75, 3.05) is 13.7 Å². The molecule has 0 bridgehead atoms. The molecule has 0 aromatic heterocycles. The van der Waals surface area contributed by atoms with Gasteiger partial charge in [-0.3, -0.25) is 4.79 Å². The lowest BCUT2D eigenvalue weighted by molar-refractivity contribution is -0.131. The lowest BCUT2D eigenvalue weighted by Gasteiger charge is -2.16. The second-order valence-corrected chi connectivity index (χ2v) is 4.78. The average Bonchev–Trinajstić information content (AvgIpc) is 2.45. The van der Waals surface area contributed by atoms with Crippen LogP contribution in [0.4, 0.5) is 0 Å². The fourth-order valence-corrected chi connectivity index (χ4v) is 1.85. The zero-order valence-corrected chi connectivity index (χ0v) is 12.6. The van der Waals surface area contributed by atoms with Gasteiger partial charge in [-0.05, 0) is 42.7 Å². The van der Waals surface area contributed by atoms with Gasteiger partial charge < -0.3 is 15.2 Å². The van der Waals surface area contributed by atoms with Crippen LogP contribution in [0.15, 0.2) is 24.3 Å². The van der Waals surface area contributed by atoms with Crippen LogP contribution in [-0.2, 0) is 9.53 Å². The third-order valence-electron chi connectivity index (χ3n) is 3.14. The van der Waals surface area contributed by atoms with Gasteiger partial charge in [-0.2, -0.15) is 0 Å². The topological polar surface area (TPSA) is 75.6 Å². The number of carbonyl (C=O) groups excluding carboxylic acids is 1. The molecule has 2 N–H and O–H groups in total. The molecular weight excluding hydrogens is 270 g/mol. The largest absolute Gasteiger partial charge is 0.478 e. The van der Waals surface area contributed by atoms with Gasteiger partial charge in [0.25, 0.3) is 5.91 Å². The van der Waals surface area contributed by atoms with Crippen molar-refractivity contribution in [1.29, 1.82) is 0 Å². The van der Waals surface area contributed by atoms with E-state index in [1.54, 1.807) is 25.3 Å². The summed E-state index contributed by atoms with van der Waals surface area (Å²) in [4.78, 5) is 22.8. The molecule has 1 unspecified atom stereocenters. The van der Waals surface area contributed by atoms with Crippen LogP contribution in [-0.4, -0.2) is 36.7 Å². The second kappa shape index (κ2) is 8.21. The molecule has 1 rings (SSSR count). The van der Waals surface area contributed by atoms with Gasteiger partial charge in [-0.1, -0.05) is 13.0 Å². The smallest absolute Gasteiger partial charge is 0.328 e. The maximum Gasteiger partial charge on any atom is 0.328 e. The number of hydrogen-bond acceptors (Lipinski definition) is 3. The third kappa shape index (κ3) is 5.39. The van der Waals surface area contributed by atoms with E-state index < -0.39 is 5.97 Å². The van der Waals surface area contributed by atoms with Crippen LogP contribution in [0.25, 0.3) is 6.08 Å². The highest BCUT2D eigenvalue weighted by molar-refractivity contribution is 5.95. The fraction of sp³-hybridized carbons (Fsp3) is 0.375. The molecule has 0 spiro atoms. The lowest BCUT2D eigenvalue weighted by Crippen LogP contribution is -2.37. The predicted octanol–water partition coefficient (Wildman–Crippen LogP) is 2.25. The maximum absolute atomic E-state index is 12.2. The molecule has 1 amide bonds. The Kier molecular flexibility index (Phi) is 6.62. The summed E-state index contributed by atoms with van der Waals surface area (Å²) in [5, 5.41) is 11.6. The predicted molar refractivity (Wildman–Crippen MR) is 81.3 cm³/mol. The molecule has 5 nitrogen and oxygen atoms in total. The van der Waals surface area contributed by atoms with Gasteiger partial charge in [0.05, 0.1) is 12.6 Å². The van der Waals surface area contributed by atoms with Crippen molar-refractivity contribution in [1.82, 2.24) is 5.32 Å². The fourth-order valence-electron chi connectivity index (χ4n) is 1.85. The van der Waals surface area contributed by atoms with E-state index in [1.165, 1.54) is 6.08 Å². The molecule has 0 fully saturated rings. The molecule has 1 aromatic rings. The van der Waals surface area contributed by atoms with Crippen LogP contribution < -0.4 is 5.32 Å². The zero-order chi connectivity index (χ0) is 15.8. The Balaban J connectivity index is 2.90. The van der Waals surface area contributed by atoms with Crippen molar-refractivity contribution in [3.05, 3.63) is 41.0 Å². The number of aliphatic carboxylic acids is 1. The number of methoxy groups -OCH3 is 1. The summed E-state index contributed by atoms with van der Waals surface area (Å²) in [6.07, 6.45) is 3.32. The molecule has 0 saturated heterocycles. The van der Waals surface area contributed by atoms with Gasteiger partial charge in [0.1, 0.15) is 0 Å². The molecule has 0 radical (unpaired) electrons. The van der Waals surface area contributed by atoms with E-state index in [-0.39, 0.29) is 11.9 Å². The summed E-state index contributed by atoms with van der Waals surface area (Å²) < 4.78 is 5.05. The van der Waals surface area contributed by atoms with Crippen molar-refractivity contribution >= 4 is 18.0 Å². The minimum Gasteiger partial charge on any atom is -0.478 e. The van der Waals surface area contributed by atoms with Crippen LogP contribution >= 0.6 is 0 Å². The number of ether oxygens (including phenoxy) is 1. The number of nitrogens with one attached hydrogen (secondary N) is 1. The van der Waals surface area contributed by atoms with E-state index in [0.29, 0.717) is 17.7 Å². The first-order valence-electron chi connectivity index (χ1n) is 6.79. The van der Waals surface area contributed by atoms with E-state index in [4.69, 9.17) is 9.84 Å². The zero-order valence-electron chi connectivity index (χ0n) is 12.6. The minimum absolute atomic E-state index is 0.0400. The molecule has 0 aliphatic carbocycles. The number of aryl methyl sites for hydroxylation is 1. The SMILES string of the molecule is CCC(COC)NC(=O)c1ccc(C)c(/C=C/C(=O)O)c1. The first-order chi connectivity index (χ1) is 9.97. The quantitative estimate of drug-likeness (QED) is 0.755. The highest BCUT2D eigenvalue weighted by atomic mass is 16.5. The summed E-state index contributed by atoms with van der Waals surface area (Å²) in [5.41, 5.74) is 2.12. The Hall–Kier alpha value is -2.14. The van der Waals surface area contributed by atoms with Gasteiger partial charge in [0.15, 0.2) is 0 Å². The summed E-state index contributed by atoms with van der Waals surface area (Å²) in [5.74, 6) is -1.21. The van der Waals surface area contributed by atoms with Crippen molar-refractivity contribution < 1.29 is 19.4 Å². The van der Waals surface area contributed by atoms with E-state index in [0.717, 1.165) is 18.1 Å². The number of carbonyl (C=O) groups is 2. The average molecular weight is 291 g/mol. The number of benzene rings is 1. The summed E-state index contributed by atoms with van der Waals surface area (Å²) in [6.45, 7) is 4.29. The van der Waals surface area contributed by atoms with Crippen LogP contribution in [0.5, 0.6) is 0 Å². The number of amides is 1. The number of carboxylic acid groups (broad SMARTS) is 1. The van der Waals surface area contributed by atoms with Crippen molar-refractivity contribution in [3.8, 4) is 0 Å². The standard InChI is InChI=1S/C16H21NO4/c1-4-14(10-21-3)17-16(20)13-6-5-11(2)12(9-13)7-8-15(18)19/h5-9,14H,4,10H2,1-3H3,(H,17,20)(H,18,19)/b8-7+. The van der Waals surface area contributed by atoms with Crippen LogP contribution in [0.1, 0.15) is 34.8 Å². The molecular formula is C16H21NO4. The molecule has 0 aliphatic rings. The molecule has 5 heteroatoms. The Labute approximate surface area is 124 Å². The first kappa shape index (κ1) is 16.9. The highest BCUT2D eigenvalue weighted by Gasteiger charge is 2.12. The Morgan fingerprint density at radius 1 is 1.43 bits per heavy atom. The lowest BCUT2D eigenvalue weighted by atomic mass is 10.0. The van der Waals surface area contributed by atoms with Crippen LogP contribution in [0.2, 0.25) is 0 Å². The molecule has 114 valence electrons. The molecule has 0 aliphatic heterocycles. The van der Waals surface area contributed by atoms with Gasteiger partial charge in [0.2, 0.25) is 0 Å². The number of hydrogen-bond donors (Lipinski definition) is 2. The van der Waals surface area contributed by atoms with Gasteiger partial charge >= 0.3 is 5.97 Å². The highest BCUT2D eigenvalue weighted by Crippen LogP contribution is 2.13. The van der Waals surface area contributed by atoms with E-state index in [1.807, 2.05) is 13.8 Å². The van der Waals surface area contributed by atoms with Gasteiger partial charge in [-0.25, -0.2) is 4.79 Å². The van der Waals surface area contributed by atoms with Gasteiger partial charge in [0, 0.05) is 18.7 Å². The number of carboxylic acids is 1. The summed E-state index contributed by atoms with van der Waals surface area (Å²) >= 11 is 0. The normalized spacial score (nSPS) is 12.3. The molecule has 21 heavy (non-hydrogen) atoms. The van der Waals surface area contributed by atoms with Crippen LogP contribution in [0.3, 0.4) is 0 Å². The van der Waals surface area contributed by atoms with E-state index >= 15 is 0 Å². The van der Waals surface area contributed by atoms with Crippen molar-refractivity contribution in [2.45, 2.75) is 26.3 Å². The van der Waals surface area contributed by atoms with E-state index in [9.17, 15) is 9.59 Å². The van der Waals surface area contributed by atoms with Gasteiger partial charge in [-0.15, -0.1) is 0 Å². The monoisotopic (exact) mass is 291 g/mol. The molecule has 1 aromatic carbocycles. The van der Waals surface area contributed by atoms with Crippen molar-refractivity contribution in [3.63, 3.8) is 0 Å². The minimum atomic E-state index is -1.02.